The van der Waals surface area contributed by atoms with Gasteiger partial charge in [0.05, 0.1) is 10.0 Å². The number of piperidine rings is 1. The average molecular weight is 527 g/mol. The maximum absolute atomic E-state index is 13.4. The van der Waals surface area contributed by atoms with Crippen molar-refractivity contribution in [2.75, 3.05) is 18.0 Å². The fourth-order valence-electron chi connectivity index (χ4n) is 5.51. The van der Waals surface area contributed by atoms with Crippen LogP contribution >= 0.6 is 35.0 Å². The van der Waals surface area contributed by atoms with Crippen LogP contribution in [0.1, 0.15) is 30.0 Å². The van der Waals surface area contributed by atoms with Gasteiger partial charge >= 0.3 is 0 Å². The summed E-state index contributed by atoms with van der Waals surface area (Å²) < 4.78 is 1.61. The molecule has 1 aliphatic heterocycles. The largest absolute Gasteiger partial charge is 0.342 e. The van der Waals surface area contributed by atoms with Crippen molar-refractivity contribution in [3.8, 4) is 0 Å². The van der Waals surface area contributed by atoms with Crippen molar-refractivity contribution in [1.29, 1.82) is 0 Å². The Morgan fingerprint density at radius 2 is 1.91 bits per heavy atom. The van der Waals surface area contributed by atoms with Gasteiger partial charge in [-0.05, 0) is 47.9 Å². The number of nitrogens with one attached hydrogen (secondary N) is 1. The molecule has 3 N–H and O–H groups in total. The zero-order valence-electron chi connectivity index (χ0n) is 19.1. The topological polar surface area (TPSA) is 92.8 Å². The van der Waals surface area contributed by atoms with Crippen LogP contribution in [0.4, 0.5) is 5.95 Å². The number of nitrogens with zero attached hydrogens (tertiary/aromatic N) is 4. The number of benzene rings is 2. The highest BCUT2D eigenvalue weighted by Gasteiger charge is 2.46. The Bertz CT molecular complexity index is 1510. The molecule has 6 rings (SSSR count). The Balaban J connectivity index is 1.28. The number of hydrogen-bond donors (Lipinski definition) is 2. The first-order valence-corrected chi connectivity index (χ1v) is 13.1. The third-order valence-electron chi connectivity index (χ3n) is 7.50. The molecule has 2 aliphatic rings. The molecule has 2 aromatic carbocycles. The van der Waals surface area contributed by atoms with Crippen molar-refractivity contribution >= 4 is 51.9 Å². The lowest BCUT2D eigenvalue weighted by Crippen LogP contribution is -2.46. The lowest BCUT2D eigenvalue weighted by atomic mass is 9.73. The molecule has 0 bridgehead atoms. The standard InChI is InChI=1S/C25H24Cl2N6OS/c1-32-23(34)18-21(30-31-22(18)35-17-8-4-7-16(26)19(17)27)29-24(32)33-11-9-25(10-12-33)13-14-5-2-3-6-15(14)20(25)28/h2-8,20H,9-13,28H2,1H3,(H,30,31)/t20-/m1/s1. The number of halogens is 2. The summed E-state index contributed by atoms with van der Waals surface area (Å²) in [6.07, 6.45) is 2.92. The van der Waals surface area contributed by atoms with Crippen molar-refractivity contribution in [2.45, 2.75) is 35.2 Å². The second-order valence-corrected chi connectivity index (χ2v) is 11.2. The van der Waals surface area contributed by atoms with Gasteiger partial charge in [0, 0.05) is 31.1 Å². The third-order valence-corrected chi connectivity index (χ3v) is 9.48. The smallest absolute Gasteiger partial charge is 0.266 e. The molecule has 10 heteroatoms. The molecule has 1 atom stereocenters. The van der Waals surface area contributed by atoms with E-state index in [1.807, 2.05) is 12.1 Å². The number of aromatic nitrogens is 4. The van der Waals surface area contributed by atoms with E-state index in [2.05, 4.69) is 39.4 Å². The van der Waals surface area contributed by atoms with Gasteiger partial charge in [-0.25, -0.2) is 0 Å². The van der Waals surface area contributed by atoms with Gasteiger partial charge in [0.15, 0.2) is 5.65 Å². The van der Waals surface area contributed by atoms with E-state index in [0.29, 0.717) is 32.1 Å². The fourth-order valence-corrected chi connectivity index (χ4v) is 6.91. The predicted molar refractivity (Wildman–Crippen MR) is 141 cm³/mol. The van der Waals surface area contributed by atoms with Gasteiger partial charge in [0.2, 0.25) is 5.95 Å². The third kappa shape index (κ3) is 3.66. The summed E-state index contributed by atoms with van der Waals surface area (Å²) in [5.74, 6) is 0.641. The molecule has 3 heterocycles. The summed E-state index contributed by atoms with van der Waals surface area (Å²) >= 11 is 13.8. The van der Waals surface area contributed by atoms with Crippen molar-refractivity contribution in [3.05, 3.63) is 74.0 Å². The van der Waals surface area contributed by atoms with Crippen LogP contribution in [0, 0.1) is 5.41 Å². The van der Waals surface area contributed by atoms with E-state index >= 15 is 0 Å². The Morgan fingerprint density at radius 1 is 1.14 bits per heavy atom. The lowest BCUT2D eigenvalue weighted by Gasteiger charge is -2.42. The van der Waals surface area contributed by atoms with Gasteiger partial charge in [0.1, 0.15) is 10.4 Å². The molecule has 0 unspecified atom stereocenters. The molecule has 180 valence electrons. The highest BCUT2D eigenvalue weighted by molar-refractivity contribution is 7.99. The number of fused-ring (bicyclic) bond motifs is 2. The number of aromatic amines is 1. The maximum atomic E-state index is 13.4. The van der Waals surface area contributed by atoms with Crippen LogP contribution in [-0.2, 0) is 13.5 Å². The highest BCUT2D eigenvalue weighted by atomic mass is 35.5. The van der Waals surface area contributed by atoms with E-state index in [0.717, 1.165) is 37.2 Å². The minimum atomic E-state index is -0.148. The van der Waals surface area contributed by atoms with Crippen LogP contribution in [0.15, 0.2) is 57.2 Å². The van der Waals surface area contributed by atoms with Crippen LogP contribution in [0.25, 0.3) is 11.0 Å². The van der Waals surface area contributed by atoms with Gasteiger partial charge in [-0.2, -0.15) is 10.1 Å². The Kier molecular flexibility index (Phi) is 5.60. The Morgan fingerprint density at radius 3 is 2.69 bits per heavy atom. The van der Waals surface area contributed by atoms with E-state index in [4.69, 9.17) is 33.9 Å². The minimum absolute atomic E-state index is 0.0469. The molecule has 4 aromatic rings. The average Bonchev–Trinajstić information content (AvgIpc) is 3.39. The molecular formula is C25H24Cl2N6OS. The van der Waals surface area contributed by atoms with Crippen molar-refractivity contribution < 1.29 is 0 Å². The quantitative estimate of drug-likeness (QED) is 0.392. The van der Waals surface area contributed by atoms with E-state index in [9.17, 15) is 4.79 Å². The van der Waals surface area contributed by atoms with E-state index in [-0.39, 0.29) is 17.0 Å². The number of H-pyrrole nitrogens is 1. The number of anilines is 1. The molecule has 1 spiro atoms. The summed E-state index contributed by atoms with van der Waals surface area (Å²) in [4.78, 5) is 21.1. The van der Waals surface area contributed by atoms with E-state index < -0.39 is 0 Å². The first-order valence-electron chi connectivity index (χ1n) is 11.5. The number of rotatable bonds is 3. The van der Waals surface area contributed by atoms with Crippen molar-refractivity contribution in [2.24, 2.45) is 18.2 Å². The molecule has 35 heavy (non-hydrogen) atoms. The van der Waals surface area contributed by atoms with Crippen molar-refractivity contribution in [3.63, 3.8) is 0 Å². The van der Waals surface area contributed by atoms with Gasteiger partial charge in [0.25, 0.3) is 5.56 Å². The minimum Gasteiger partial charge on any atom is -0.342 e. The summed E-state index contributed by atoms with van der Waals surface area (Å²) in [6.45, 7) is 1.59. The van der Waals surface area contributed by atoms with Gasteiger partial charge in [-0.3, -0.25) is 14.5 Å². The van der Waals surface area contributed by atoms with Gasteiger partial charge < -0.3 is 10.6 Å². The summed E-state index contributed by atoms with van der Waals surface area (Å²) in [7, 11) is 1.76. The lowest BCUT2D eigenvalue weighted by molar-refractivity contribution is 0.186. The molecule has 7 nitrogen and oxygen atoms in total. The molecule has 1 aliphatic carbocycles. The normalized spacial score (nSPS) is 19.0. The summed E-state index contributed by atoms with van der Waals surface area (Å²) in [5, 5.41) is 9.17. The predicted octanol–water partition coefficient (Wildman–Crippen LogP) is 4.96. The Labute approximate surface area is 216 Å². The maximum Gasteiger partial charge on any atom is 0.266 e. The monoisotopic (exact) mass is 526 g/mol. The summed E-state index contributed by atoms with van der Waals surface area (Å²) in [6, 6.07) is 13.9. The highest BCUT2D eigenvalue weighted by Crippen LogP contribution is 2.51. The SMILES string of the molecule is Cn1c(N2CCC3(CC2)Cc2ccccc2[C@H]3N)nc2[nH]nc(Sc3cccc(Cl)c3Cl)c2c1=O. The Hall–Kier alpha value is -2.52. The summed E-state index contributed by atoms with van der Waals surface area (Å²) in [5.41, 5.74) is 9.75. The molecule has 1 fully saturated rings. The first kappa shape index (κ1) is 22.9. The number of hydrogen-bond acceptors (Lipinski definition) is 6. The molecule has 0 radical (unpaired) electrons. The van der Waals surface area contributed by atoms with Crippen LogP contribution in [0.2, 0.25) is 10.0 Å². The van der Waals surface area contributed by atoms with E-state index in [1.54, 1.807) is 17.7 Å². The van der Waals surface area contributed by atoms with Crippen LogP contribution < -0.4 is 16.2 Å². The molecule has 0 saturated carbocycles. The molecule has 2 aromatic heterocycles. The van der Waals surface area contributed by atoms with Crippen LogP contribution in [-0.4, -0.2) is 32.8 Å². The van der Waals surface area contributed by atoms with Gasteiger partial charge in [-0.1, -0.05) is 65.3 Å². The van der Waals surface area contributed by atoms with Crippen molar-refractivity contribution in [1.82, 2.24) is 19.7 Å². The van der Waals surface area contributed by atoms with E-state index in [1.165, 1.54) is 22.9 Å². The second-order valence-electron chi connectivity index (χ2n) is 9.39. The molecular weight excluding hydrogens is 503 g/mol. The molecule has 0 amide bonds. The molecule has 1 saturated heterocycles. The van der Waals surface area contributed by atoms with Gasteiger partial charge in [-0.15, -0.1) is 0 Å². The zero-order chi connectivity index (χ0) is 24.3. The second kappa shape index (κ2) is 8.55. The fraction of sp³-hybridized carbons (Fsp3) is 0.320. The first-order chi connectivity index (χ1) is 16.9. The van der Waals surface area contributed by atoms with Crippen LogP contribution in [0.5, 0.6) is 0 Å². The zero-order valence-corrected chi connectivity index (χ0v) is 21.4. The van der Waals surface area contributed by atoms with Crippen LogP contribution in [0.3, 0.4) is 0 Å². The number of nitrogens with two attached hydrogens (primary N) is 1.